The van der Waals surface area contributed by atoms with E-state index in [-0.39, 0.29) is 0 Å². The van der Waals surface area contributed by atoms with Crippen LogP contribution in [-0.2, 0) is 0 Å². The van der Waals surface area contributed by atoms with Crippen molar-refractivity contribution in [3.63, 3.8) is 0 Å². The predicted octanol–water partition coefficient (Wildman–Crippen LogP) is 4.95. The molecule has 0 radical (unpaired) electrons. The summed E-state index contributed by atoms with van der Waals surface area (Å²) in [6, 6.07) is 4.30. The van der Waals surface area contributed by atoms with Gasteiger partial charge in [0.05, 0.1) is 11.1 Å². The summed E-state index contributed by atoms with van der Waals surface area (Å²) in [5.41, 5.74) is 6.54. The van der Waals surface area contributed by atoms with Crippen LogP contribution in [0.4, 0.5) is 5.82 Å². The largest absolute Gasteiger partial charge is 0.373 e. The van der Waals surface area contributed by atoms with E-state index in [1.54, 1.807) is 0 Å². The van der Waals surface area contributed by atoms with Crippen LogP contribution in [0.3, 0.4) is 0 Å². The lowest BCUT2D eigenvalue weighted by Gasteiger charge is -2.15. The molecule has 0 unspecified atom stereocenters. The van der Waals surface area contributed by atoms with Gasteiger partial charge in [0.15, 0.2) is 11.4 Å². The maximum absolute atomic E-state index is 6.41. The molecule has 3 aromatic rings. The predicted molar refractivity (Wildman–Crippen MR) is 110 cm³/mol. The molecule has 4 rings (SSSR count). The van der Waals surface area contributed by atoms with Crippen molar-refractivity contribution in [3.05, 3.63) is 45.9 Å². The lowest BCUT2D eigenvalue weighted by Crippen LogP contribution is -2.11. The zero-order chi connectivity index (χ0) is 19.3. The molecule has 2 heterocycles. The number of nitrogens with one attached hydrogen (secondary N) is 1. The second-order valence-corrected chi connectivity index (χ2v) is 7.97. The summed E-state index contributed by atoms with van der Waals surface area (Å²) >= 11 is 0. The zero-order valence-electron chi connectivity index (χ0n) is 17.1. The molecule has 142 valence electrons. The molecule has 27 heavy (non-hydrogen) atoms. The molecule has 2 aromatic heterocycles. The summed E-state index contributed by atoms with van der Waals surface area (Å²) in [7, 11) is 0. The summed E-state index contributed by atoms with van der Waals surface area (Å²) in [5.74, 6) is 3.35. The van der Waals surface area contributed by atoms with Crippen molar-refractivity contribution >= 4 is 16.9 Å². The van der Waals surface area contributed by atoms with E-state index < -0.39 is 0 Å². The highest BCUT2D eigenvalue weighted by Crippen LogP contribution is 2.34. The van der Waals surface area contributed by atoms with Gasteiger partial charge in [0.1, 0.15) is 11.6 Å². The summed E-state index contributed by atoms with van der Waals surface area (Å²) in [5, 5.41) is 4.60. The molecule has 1 N–H and O–H groups in total. The Bertz CT molecular complexity index is 1010. The molecule has 0 saturated heterocycles. The van der Waals surface area contributed by atoms with Crippen LogP contribution < -0.4 is 10.2 Å². The van der Waals surface area contributed by atoms with E-state index in [0.29, 0.717) is 0 Å². The van der Waals surface area contributed by atoms with Gasteiger partial charge in [0.2, 0.25) is 0 Å². The van der Waals surface area contributed by atoms with Crippen LogP contribution in [0.5, 0.6) is 5.75 Å². The van der Waals surface area contributed by atoms with Crippen molar-refractivity contribution in [3.8, 4) is 5.75 Å². The third-order valence-corrected chi connectivity index (χ3v) is 5.46. The van der Waals surface area contributed by atoms with E-state index >= 15 is 0 Å². The second kappa shape index (κ2) is 6.55. The second-order valence-electron chi connectivity index (χ2n) is 7.97. The number of aromatic nitrogens is 3. The van der Waals surface area contributed by atoms with Gasteiger partial charge in [-0.05, 0) is 77.0 Å². The normalized spacial score (nSPS) is 14.0. The molecule has 1 saturated carbocycles. The average Bonchev–Trinajstić information content (AvgIpc) is 3.38. The minimum absolute atomic E-state index is 0.750. The molecule has 0 aliphatic heterocycles. The maximum atomic E-state index is 6.41. The molecule has 0 bridgehead atoms. The molecule has 0 amide bonds. The molecule has 1 aliphatic carbocycles. The van der Waals surface area contributed by atoms with Gasteiger partial charge in [-0.1, -0.05) is 17.7 Å². The van der Waals surface area contributed by atoms with Gasteiger partial charge in [0.25, 0.3) is 0 Å². The fourth-order valence-electron chi connectivity index (χ4n) is 3.75. The lowest BCUT2D eigenvalue weighted by atomic mass is 10.1. The van der Waals surface area contributed by atoms with Gasteiger partial charge in [-0.2, -0.15) is 4.73 Å². The highest BCUT2D eigenvalue weighted by atomic mass is 16.7. The van der Waals surface area contributed by atoms with Crippen LogP contribution in [0.15, 0.2) is 12.1 Å². The highest BCUT2D eigenvalue weighted by Gasteiger charge is 2.24. The quantitative estimate of drug-likeness (QED) is 0.696. The Kier molecular flexibility index (Phi) is 4.33. The van der Waals surface area contributed by atoms with Crippen LogP contribution in [0, 0.1) is 47.5 Å². The molecule has 1 aromatic carbocycles. The molecule has 1 aliphatic rings. The molecule has 5 heteroatoms. The first-order valence-electron chi connectivity index (χ1n) is 9.71. The third-order valence-electron chi connectivity index (χ3n) is 5.46. The topological polar surface area (TPSA) is 52.0 Å². The SMILES string of the molecule is Cc1cc(C)c(On2c(C)c(C)c3c(NCC4CC4)nc(C)nc32)c(C)c1. The Morgan fingerprint density at radius 1 is 1.04 bits per heavy atom. The van der Waals surface area contributed by atoms with E-state index in [9.17, 15) is 0 Å². The summed E-state index contributed by atoms with van der Waals surface area (Å²) < 4.78 is 1.87. The lowest BCUT2D eigenvalue weighted by molar-refractivity contribution is 0.217. The Balaban J connectivity index is 1.82. The Hall–Kier alpha value is -2.56. The average molecular weight is 364 g/mol. The van der Waals surface area contributed by atoms with Gasteiger partial charge < -0.3 is 10.2 Å². The number of hydrogen-bond acceptors (Lipinski definition) is 4. The molecule has 0 atom stereocenters. The van der Waals surface area contributed by atoms with Crippen molar-refractivity contribution in [2.45, 2.75) is 54.4 Å². The number of nitrogens with zero attached hydrogens (tertiary/aromatic N) is 3. The molecule has 0 spiro atoms. The smallest absolute Gasteiger partial charge is 0.182 e. The minimum Gasteiger partial charge on any atom is -0.373 e. The molecule has 5 nitrogen and oxygen atoms in total. The van der Waals surface area contributed by atoms with Crippen molar-refractivity contribution in [2.75, 3.05) is 11.9 Å². The summed E-state index contributed by atoms with van der Waals surface area (Å²) in [4.78, 5) is 15.8. The number of rotatable bonds is 5. The van der Waals surface area contributed by atoms with Gasteiger partial charge >= 0.3 is 0 Å². The van der Waals surface area contributed by atoms with Crippen LogP contribution in [0.25, 0.3) is 11.0 Å². The van der Waals surface area contributed by atoms with Gasteiger partial charge in [-0.25, -0.2) is 9.97 Å². The molecular weight excluding hydrogens is 336 g/mol. The zero-order valence-corrected chi connectivity index (χ0v) is 17.1. The number of hydrogen-bond donors (Lipinski definition) is 1. The Morgan fingerprint density at radius 2 is 1.70 bits per heavy atom. The Morgan fingerprint density at radius 3 is 2.33 bits per heavy atom. The fourth-order valence-corrected chi connectivity index (χ4v) is 3.75. The number of fused-ring (bicyclic) bond motifs is 1. The van der Waals surface area contributed by atoms with Gasteiger partial charge in [-0.15, -0.1) is 0 Å². The summed E-state index contributed by atoms with van der Waals surface area (Å²) in [6.45, 7) is 13.4. The van der Waals surface area contributed by atoms with Crippen LogP contribution in [-0.4, -0.2) is 21.2 Å². The third kappa shape index (κ3) is 3.27. The number of aryl methyl sites for hydroxylation is 5. The fraction of sp³-hybridized carbons (Fsp3) is 0.455. The van der Waals surface area contributed by atoms with E-state index in [1.807, 2.05) is 11.7 Å². The van der Waals surface area contributed by atoms with Gasteiger partial charge in [-0.3, -0.25) is 0 Å². The first kappa shape index (κ1) is 17.8. The van der Waals surface area contributed by atoms with E-state index in [1.165, 1.54) is 18.4 Å². The number of benzene rings is 1. The van der Waals surface area contributed by atoms with Crippen molar-refractivity contribution in [1.29, 1.82) is 0 Å². The van der Waals surface area contributed by atoms with Crippen LogP contribution >= 0.6 is 0 Å². The van der Waals surface area contributed by atoms with Gasteiger partial charge in [0, 0.05) is 6.54 Å². The van der Waals surface area contributed by atoms with Crippen molar-refractivity contribution < 1.29 is 4.84 Å². The van der Waals surface area contributed by atoms with E-state index in [0.717, 1.165) is 63.3 Å². The van der Waals surface area contributed by atoms with Crippen LogP contribution in [0.1, 0.15) is 46.6 Å². The van der Waals surface area contributed by atoms with Crippen molar-refractivity contribution in [1.82, 2.24) is 14.7 Å². The monoisotopic (exact) mass is 364 g/mol. The first-order chi connectivity index (χ1) is 12.8. The minimum atomic E-state index is 0.750. The van der Waals surface area contributed by atoms with Crippen molar-refractivity contribution in [2.24, 2.45) is 5.92 Å². The summed E-state index contributed by atoms with van der Waals surface area (Å²) in [6.07, 6.45) is 2.63. The molecular formula is C22H28N4O. The standard InChI is InChI=1S/C22H28N4O/c1-12-9-13(2)20(14(3)10-12)27-26-16(5)15(4)19-21(23-11-18-7-8-18)24-17(6)25-22(19)26/h9-10,18H,7-8,11H2,1-6H3,(H,23,24,25). The maximum Gasteiger partial charge on any atom is 0.182 e. The molecule has 1 fully saturated rings. The van der Waals surface area contributed by atoms with E-state index in [2.05, 4.69) is 57.1 Å². The first-order valence-corrected chi connectivity index (χ1v) is 9.71. The number of anilines is 1. The highest BCUT2D eigenvalue weighted by molar-refractivity contribution is 5.92. The Labute approximate surface area is 160 Å². The van der Waals surface area contributed by atoms with Crippen LogP contribution in [0.2, 0.25) is 0 Å². The van der Waals surface area contributed by atoms with E-state index in [4.69, 9.17) is 9.82 Å².